The van der Waals surface area contributed by atoms with Crippen molar-refractivity contribution in [3.63, 3.8) is 0 Å². The van der Waals surface area contributed by atoms with Crippen LogP contribution in [0.4, 0.5) is 0 Å². The molecule has 0 saturated heterocycles. The fraction of sp³-hybridized carbons (Fsp3) is 0.200. The third-order valence-electron chi connectivity index (χ3n) is 1.96. The Morgan fingerprint density at radius 2 is 2.00 bits per heavy atom. The molecule has 1 aliphatic rings. The van der Waals surface area contributed by atoms with Gasteiger partial charge in [0.2, 0.25) is 0 Å². The molecule has 0 aliphatic carbocycles. The topological polar surface area (TPSA) is 20.2 Å². The zero-order valence-electron chi connectivity index (χ0n) is 6.72. The van der Waals surface area contributed by atoms with Gasteiger partial charge in [0.1, 0.15) is 0 Å². The van der Waals surface area contributed by atoms with Crippen LogP contribution in [-0.2, 0) is 0 Å². The third kappa shape index (κ3) is 1.57. The van der Waals surface area contributed by atoms with E-state index in [0.29, 0.717) is 0 Å². The first kappa shape index (κ1) is 7.97. The SMILES string of the molecule is O[C@H]1C=CP(c2ccccc2)C1. The molecular formula is C10H11OP. The molecule has 1 aliphatic heterocycles. The smallest absolute Gasteiger partial charge is 0.0769 e. The summed E-state index contributed by atoms with van der Waals surface area (Å²) in [7, 11) is -0.210. The normalized spacial score (nSPS) is 27.8. The Labute approximate surface area is 73.5 Å². The van der Waals surface area contributed by atoms with Gasteiger partial charge in [0.05, 0.1) is 6.10 Å². The first-order chi connectivity index (χ1) is 5.86. The van der Waals surface area contributed by atoms with E-state index in [1.807, 2.05) is 12.1 Å². The molecule has 2 heteroatoms. The van der Waals surface area contributed by atoms with Gasteiger partial charge in [-0.2, -0.15) is 0 Å². The van der Waals surface area contributed by atoms with Gasteiger partial charge in [-0.3, -0.25) is 0 Å². The van der Waals surface area contributed by atoms with Gasteiger partial charge in [-0.05, 0) is 13.2 Å². The summed E-state index contributed by atoms with van der Waals surface area (Å²) < 4.78 is 0. The van der Waals surface area contributed by atoms with E-state index in [0.717, 1.165) is 6.16 Å². The number of hydrogen-bond acceptors (Lipinski definition) is 1. The van der Waals surface area contributed by atoms with E-state index in [1.165, 1.54) is 5.30 Å². The molecule has 1 nitrogen and oxygen atoms in total. The van der Waals surface area contributed by atoms with Gasteiger partial charge in [0.25, 0.3) is 0 Å². The highest BCUT2D eigenvalue weighted by molar-refractivity contribution is 7.69. The van der Waals surface area contributed by atoms with Crippen LogP contribution in [0.2, 0.25) is 0 Å². The number of benzene rings is 1. The molecule has 1 heterocycles. The number of hydrogen-bond donors (Lipinski definition) is 1. The summed E-state index contributed by atoms with van der Waals surface area (Å²) in [5, 5.41) is 10.7. The van der Waals surface area contributed by atoms with Crippen molar-refractivity contribution in [1.29, 1.82) is 0 Å². The minimum absolute atomic E-state index is 0.210. The van der Waals surface area contributed by atoms with Crippen LogP contribution in [0.5, 0.6) is 0 Å². The minimum Gasteiger partial charge on any atom is -0.389 e. The van der Waals surface area contributed by atoms with Crippen LogP contribution >= 0.6 is 7.92 Å². The van der Waals surface area contributed by atoms with Gasteiger partial charge in [-0.25, -0.2) is 0 Å². The molecule has 1 unspecified atom stereocenters. The van der Waals surface area contributed by atoms with Crippen LogP contribution in [-0.4, -0.2) is 17.4 Å². The molecule has 0 bridgehead atoms. The zero-order valence-corrected chi connectivity index (χ0v) is 7.61. The molecule has 1 aromatic rings. The van der Waals surface area contributed by atoms with Gasteiger partial charge >= 0.3 is 0 Å². The fourth-order valence-electron chi connectivity index (χ4n) is 1.34. The maximum Gasteiger partial charge on any atom is 0.0769 e. The first-order valence-electron chi connectivity index (χ1n) is 4.04. The number of aliphatic hydroxyl groups excluding tert-OH is 1. The van der Waals surface area contributed by atoms with Gasteiger partial charge in [0, 0.05) is 6.16 Å². The van der Waals surface area contributed by atoms with E-state index in [4.69, 9.17) is 0 Å². The van der Waals surface area contributed by atoms with E-state index in [9.17, 15) is 5.11 Å². The van der Waals surface area contributed by atoms with Crippen molar-refractivity contribution >= 4 is 13.2 Å². The quantitative estimate of drug-likeness (QED) is 0.649. The van der Waals surface area contributed by atoms with Crippen molar-refractivity contribution < 1.29 is 5.11 Å². The Morgan fingerprint density at radius 1 is 1.25 bits per heavy atom. The lowest BCUT2D eigenvalue weighted by Crippen LogP contribution is -2.06. The molecule has 62 valence electrons. The highest BCUT2D eigenvalue weighted by Crippen LogP contribution is 2.41. The fourth-order valence-corrected chi connectivity index (χ4v) is 3.33. The lowest BCUT2D eigenvalue weighted by atomic mass is 10.4. The monoisotopic (exact) mass is 178 g/mol. The second-order valence-corrected chi connectivity index (χ2v) is 5.02. The molecule has 0 radical (unpaired) electrons. The summed E-state index contributed by atoms with van der Waals surface area (Å²) in [6.45, 7) is 0. The van der Waals surface area contributed by atoms with Crippen molar-refractivity contribution in [2.75, 3.05) is 6.16 Å². The summed E-state index contributed by atoms with van der Waals surface area (Å²) in [5.41, 5.74) is 0. The standard InChI is InChI=1S/C10H11OP/c11-9-6-7-12(8-9)10-4-2-1-3-5-10/h1-7,9,11H,8H2/t9-,12?/m0/s1. The Bertz CT molecular complexity index is 281. The molecule has 0 saturated carbocycles. The van der Waals surface area contributed by atoms with E-state index in [2.05, 4.69) is 30.1 Å². The Kier molecular flexibility index (Phi) is 2.25. The van der Waals surface area contributed by atoms with E-state index in [1.54, 1.807) is 0 Å². The van der Waals surface area contributed by atoms with Crippen LogP contribution < -0.4 is 5.30 Å². The summed E-state index contributed by atoms with van der Waals surface area (Å²) in [6, 6.07) is 10.4. The number of rotatable bonds is 1. The van der Waals surface area contributed by atoms with Crippen LogP contribution in [0.15, 0.2) is 42.2 Å². The molecule has 0 spiro atoms. The second-order valence-electron chi connectivity index (χ2n) is 2.90. The predicted octanol–water partition coefficient (Wildman–Crippen LogP) is 1.68. The summed E-state index contributed by atoms with van der Waals surface area (Å²) in [6.07, 6.45) is 2.59. The maximum atomic E-state index is 9.29. The second kappa shape index (κ2) is 3.38. The van der Waals surface area contributed by atoms with Crippen molar-refractivity contribution in [1.82, 2.24) is 0 Å². The van der Waals surface area contributed by atoms with E-state index >= 15 is 0 Å². The van der Waals surface area contributed by atoms with Crippen molar-refractivity contribution in [2.45, 2.75) is 6.10 Å². The van der Waals surface area contributed by atoms with Crippen molar-refractivity contribution in [3.05, 3.63) is 42.2 Å². The maximum absolute atomic E-state index is 9.29. The van der Waals surface area contributed by atoms with Gasteiger partial charge < -0.3 is 5.11 Å². The van der Waals surface area contributed by atoms with Gasteiger partial charge in [0.15, 0.2) is 0 Å². The molecular weight excluding hydrogens is 167 g/mol. The average Bonchev–Trinajstić information content (AvgIpc) is 2.54. The Morgan fingerprint density at radius 3 is 2.58 bits per heavy atom. The molecule has 12 heavy (non-hydrogen) atoms. The molecule has 1 N–H and O–H groups in total. The Hall–Kier alpha value is -0.650. The average molecular weight is 178 g/mol. The van der Waals surface area contributed by atoms with Gasteiger partial charge in [-0.1, -0.05) is 42.2 Å². The van der Waals surface area contributed by atoms with Crippen LogP contribution in [0, 0.1) is 0 Å². The van der Waals surface area contributed by atoms with Crippen LogP contribution in [0.25, 0.3) is 0 Å². The lowest BCUT2D eigenvalue weighted by molar-refractivity contribution is 0.250. The van der Waals surface area contributed by atoms with Crippen molar-refractivity contribution in [3.8, 4) is 0 Å². The zero-order chi connectivity index (χ0) is 8.39. The molecule has 1 aromatic carbocycles. The summed E-state index contributed by atoms with van der Waals surface area (Å²) in [5.74, 6) is 2.15. The highest BCUT2D eigenvalue weighted by atomic mass is 31.1. The minimum atomic E-state index is -0.212. The molecule has 0 amide bonds. The van der Waals surface area contributed by atoms with Gasteiger partial charge in [-0.15, -0.1) is 0 Å². The van der Waals surface area contributed by atoms with E-state index < -0.39 is 0 Å². The summed E-state index contributed by atoms with van der Waals surface area (Å²) >= 11 is 0. The predicted molar refractivity (Wildman–Crippen MR) is 53.0 cm³/mol. The molecule has 2 rings (SSSR count). The largest absolute Gasteiger partial charge is 0.389 e. The molecule has 0 aromatic heterocycles. The first-order valence-corrected chi connectivity index (χ1v) is 5.64. The Balaban J connectivity index is 2.18. The third-order valence-corrected chi connectivity index (χ3v) is 4.22. The molecule has 0 fully saturated rings. The number of aliphatic hydroxyl groups is 1. The van der Waals surface area contributed by atoms with Crippen LogP contribution in [0.1, 0.15) is 0 Å². The van der Waals surface area contributed by atoms with E-state index in [-0.39, 0.29) is 14.0 Å². The summed E-state index contributed by atoms with van der Waals surface area (Å²) in [4.78, 5) is 0. The van der Waals surface area contributed by atoms with Crippen LogP contribution in [0.3, 0.4) is 0 Å². The lowest BCUT2D eigenvalue weighted by Gasteiger charge is -2.08. The highest BCUT2D eigenvalue weighted by Gasteiger charge is 2.16. The molecule has 2 atom stereocenters. The van der Waals surface area contributed by atoms with Crippen molar-refractivity contribution in [2.24, 2.45) is 0 Å².